The molecule has 0 heterocycles. The Bertz CT molecular complexity index is 1140. The minimum atomic E-state index is -0.671. The second kappa shape index (κ2) is 66.1. The molecule has 0 aromatic heterocycles. The lowest BCUT2D eigenvalue weighted by molar-refractivity contribution is -0.143. The Morgan fingerprint density at radius 1 is 0.355 bits per heavy atom. The zero-order valence-electron chi connectivity index (χ0n) is 51.8. The van der Waals surface area contributed by atoms with E-state index in [0.29, 0.717) is 25.9 Å². The van der Waals surface area contributed by atoms with E-state index in [4.69, 9.17) is 4.74 Å². The van der Waals surface area contributed by atoms with Gasteiger partial charge in [0.2, 0.25) is 5.91 Å². The van der Waals surface area contributed by atoms with Crippen molar-refractivity contribution in [1.82, 2.24) is 5.32 Å². The SMILES string of the molecule is CCCCCCCCCCCCCCCCCCCCCCCCCCC(O)C(CO)NC(=O)CCCCCCCCC/C=C\CCCCCCCCCCCOC(=O)CCCCCCCCCCCCCCCCC. The van der Waals surface area contributed by atoms with E-state index in [2.05, 4.69) is 31.3 Å². The number of hydrogen-bond acceptors (Lipinski definition) is 5. The van der Waals surface area contributed by atoms with Crippen LogP contribution >= 0.6 is 0 Å². The number of hydrogen-bond donors (Lipinski definition) is 3. The summed E-state index contributed by atoms with van der Waals surface area (Å²) in [6.45, 7) is 4.99. The van der Waals surface area contributed by atoms with Crippen LogP contribution in [0.25, 0.3) is 0 Å². The standard InChI is InChI=1S/C70H137NO5/c1-3-5-7-9-11-13-15-17-19-20-21-22-23-24-25-28-31-35-38-42-46-50-54-58-62-68(73)67(66-72)71-69(74)63-59-55-51-47-43-39-36-32-29-26-27-30-33-37-41-45-49-53-57-61-65-76-70(75)64-60-56-52-48-44-40-34-18-16-14-12-10-8-6-4-2/h26,29,67-68,72-73H,3-25,27-28,30-66H2,1-2H3,(H,71,74)/b29-26-. The van der Waals surface area contributed by atoms with Crippen LogP contribution in [0.3, 0.4) is 0 Å². The number of carbonyl (C=O) groups excluding carboxylic acids is 2. The molecule has 0 aliphatic heterocycles. The summed E-state index contributed by atoms with van der Waals surface area (Å²) in [5.74, 6) is -0.0280. The van der Waals surface area contributed by atoms with Crippen LogP contribution in [-0.2, 0) is 14.3 Å². The highest BCUT2D eigenvalue weighted by Gasteiger charge is 2.20. The van der Waals surface area contributed by atoms with Gasteiger partial charge in [-0.25, -0.2) is 0 Å². The van der Waals surface area contributed by atoms with Crippen LogP contribution < -0.4 is 5.32 Å². The predicted octanol–water partition coefficient (Wildman–Crippen LogP) is 22.4. The number of rotatable bonds is 66. The van der Waals surface area contributed by atoms with Gasteiger partial charge in [-0.15, -0.1) is 0 Å². The highest BCUT2D eigenvalue weighted by molar-refractivity contribution is 5.76. The predicted molar refractivity (Wildman–Crippen MR) is 333 cm³/mol. The van der Waals surface area contributed by atoms with Crippen LogP contribution in [0.15, 0.2) is 12.2 Å². The highest BCUT2D eigenvalue weighted by Crippen LogP contribution is 2.19. The monoisotopic (exact) mass is 1070 g/mol. The number of amides is 1. The van der Waals surface area contributed by atoms with Crippen LogP contribution in [0.4, 0.5) is 0 Å². The normalized spacial score (nSPS) is 12.5. The van der Waals surface area contributed by atoms with Crippen molar-refractivity contribution < 1.29 is 24.5 Å². The molecule has 6 nitrogen and oxygen atoms in total. The third kappa shape index (κ3) is 61.8. The van der Waals surface area contributed by atoms with E-state index in [1.807, 2.05) is 0 Å². The fourth-order valence-electron chi connectivity index (χ4n) is 11.2. The molecule has 0 aromatic carbocycles. The molecule has 0 spiro atoms. The van der Waals surface area contributed by atoms with E-state index in [0.717, 1.165) is 38.5 Å². The van der Waals surface area contributed by atoms with Crippen LogP contribution in [0.2, 0.25) is 0 Å². The largest absolute Gasteiger partial charge is 0.466 e. The zero-order chi connectivity index (χ0) is 55.0. The Hall–Kier alpha value is -1.40. The number of esters is 1. The number of aliphatic hydroxyl groups excluding tert-OH is 2. The molecule has 0 radical (unpaired) electrons. The minimum Gasteiger partial charge on any atom is -0.466 e. The molecule has 452 valence electrons. The zero-order valence-corrected chi connectivity index (χ0v) is 51.8. The Kier molecular flexibility index (Phi) is 64.9. The molecule has 1 amide bonds. The average Bonchev–Trinajstić information content (AvgIpc) is 3.42. The lowest BCUT2D eigenvalue weighted by atomic mass is 10.0. The van der Waals surface area contributed by atoms with Crippen molar-refractivity contribution in [2.24, 2.45) is 0 Å². The molecule has 0 saturated carbocycles. The first-order valence-electron chi connectivity index (χ1n) is 34.9. The van der Waals surface area contributed by atoms with Gasteiger partial charge in [0.15, 0.2) is 0 Å². The summed E-state index contributed by atoms with van der Waals surface area (Å²) in [6, 6.07) is -0.549. The molecule has 6 heteroatoms. The van der Waals surface area contributed by atoms with Crippen molar-refractivity contribution >= 4 is 11.9 Å². The number of allylic oxidation sites excluding steroid dienone is 2. The van der Waals surface area contributed by atoms with Gasteiger partial charge >= 0.3 is 5.97 Å². The molecule has 0 bridgehead atoms. The number of unbranched alkanes of at least 4 members (excludes halogenated alkanes) is 53. The third-order valence-electron chi connectivity index (χ3n) is 16.6. The Morgan fingerprint density at radius 3 is 0.934 bits per heavy atom. The van der Waals surface area contributed by atoms with Gasteiger partial charge in [0.25, 0.3) is 0 Å². The van der Waals surface area contributed by atoms with Gasteiger partial charge in [-0.05, 0) is 51.4 Å². The first kappa shape index (κ1) is 74.6. The number of aliphatic hydroxyl groups is 2. The summed E-state index contributed by atoms with van der Waals surface area (Å²) in [5.41, 5.74) is 0. The summed E-state index contributed by atoms with van der Waals surface area (Å²) >= 11 is 0. The second-order valence-electron chi connectivity index (χ2n) is 24.2. The van der Waals surface area contributed by atoms with Crippen molar-refractivity contribution in [2.45, 2.75) is 411 Å². The van der Waals surface area contributed by atoms with Gasteiger partial charge in [-0.1, -0.05) is 347 Å². The molecule has 0 saturated heterocycles. The van der Waals surface area contributed by atoms with E-state index in [1.165, 1.54) is 327 Å². The minimum absolute atomic E-state index is 0.0105. The van der Waals surface area contributed by atoms with Crippen LogP contribution in [0.5, 0.6) is 0 Å². The molecular weight excluding hydrogens is 935 g/mol. The van der Waals surface area contributed by atoms with Gasteiger partial charge in [-0.3, -0.25) is 9.59 Å². The summed E-state index contributed by atoms with van der Waals surface area (Å²) in [5, 5.41) is 23.4. The summed E-state index contributed by atoms with van der Waals surface area (Å²) in [7, 11) is 0. The van der Waals surface area contributed by atoms with Crippen LogP contribution in [0, 0.1) is 0 Å². The lowest BCUT2D eigenvalue weighted by Gasteiger charge is -2.22. The van der Waals surface area contributed by atoms with Gasteiger partial charge < -0.3 is 20.3 Å². The lowest BCUT2D eigenvalue weighted by Crippen LogP contribution is -2.45. The topological polar surface area (TPSA) is 95.9 Å². The fraction of sp³-hybridized carbons (Fsp3) is 0.943. The maximum Gasteiger partial charge on any atom is 0.305 e. The molecule has 0 aliphatic rings. The molecule has 2 unspecified atom stereocenters. The van der Waals surface area contributed by atoms with E-state index in [-0.39, 0.29) is 18.5 Å². The van der Waals surface area contributed by atoms with Gasteiger partial charge in [0.05, 0.1) is 25.4 Å². The number of nitrogens with one attached hydrogen (secondary N) is 1. The summed E-state index contributed by atoms with van der Waals surface area (Å²) in [4.78, 5) is 24.6. The van der Waals surface area contributed by atoms with Crippen LogP contribution in [-0.4, -0.2) is 47.4 Å². The highest BCUT2D eigenvalue weighted by atomic mass is 16.5. The Labute approximate surface area is 476 Å². The second-order valence-corrected chi connectivity index (χ2v) is 24.2. The van der Waals surface area contributed by atoms with Crippen molar-refractivity contribution in [3.63, 3.8) is 0 Å². The number of ether oxygens (including phenoxy) is 1. The van der Waals surface area contributed by atoms with Crippen molar-refractivity contribution in [3.8, 4) is 0 Å². The first-order chi connectivity index (χ1) is 37.5. The van der Waals surface area contributed by atoms with Crippen molar-refractivity contribution in [3.05, 3.63) is 12.2 Å². The van der Waals surface area contributed by atoms with Crippen molar-refractivity contribution in [2.75, 3.05) is 13.2 Å². The maximum absolute atomic E-state index is 12.5. The quantitative estimate of drug-likeness (QED) is 0.0320. The first-order valence-corrected chi connectivity index (χ1v) is 34.9. The van der Waals surface area contributed by atoms with E-state index < -0.39 is 12.1 Å². The fourth-order valence-corrected chi connectivity index (χ4v) is 11.2. The molecular formula is C70H137NO5. The Morgan fingerprint density at radius 2 is 0.618 bits per heavy atom. The molecule has 0 fully saturated rings. The van der Waals surface area contributed by atoms with E-state index in [1.54, 1.807) is 0 Å². The summed E-state index contributed by atoms with van der Waals surface area (Å²) < 4.78 is 5.49. The van der Waals surface area contributed by atoms with E-state index >= 15 is 0 Å². The third-order valence-corrected chi connectivity index (χ3v) is 16.6. The summed E-state index contributed by atoms with van der Waals surface area (Å²) in [6.07, 6.45) is 81.0. The molecule has 76 heavy (non-hydrogen) atoms. The van der Waals surface area contributed by atoms with Crippen molar-refractivity contribution in [1.29, 1.82) is 0 Å². The van der Waals surface area contributed by atoms with Gasteiger partial charge in [0, 0.05) is 12.8 Å². The maximum atomic E-state index is 12.5. The van der Waals surface area contributed by atoms with Gasteiger partial charge in [0.1, 0.15) is 0 Å². The average molecular weight is 1070 g/mol. The molecule has 2 atom stereocenters. The smallest absolute Gasteiger partial charge is 0.305 e. The number of carbonyl (C=O) groups is 2. The molecule has 3 N–H and O–H groups in total. The van der Waals surface area contributed by atoms with E-state index in [9.17, 15) is 19.8 Å². The van der Waals surface area contributed by atoms with Crippen LogP contribution in [0.1, 0.15) is 399 Å². The molecule has 0 rings (SSSR count). The molecule has 0 aromatic rings. The Balaban J connectivity index is 3.41. The molecule has 0 aliphatic carbocycles. The van der Waals surface area contributed by atoms with Gasteiger partial charge in [-0.2, -0.15) is 0 Å².